The number of guanidine groups is 1. The van der Waals surface area contributed by atoms with Gasteiger partial charge in [-0.2, -0.15) is 0 Å². The van der Waals surface area contributed by atoms with Crippen molar-refractivity contribution < 1.29 is 0 Å². The molecule has 1 aliphatic heterocycles. The van der Waals surface area contributed by atoms with E-state index in [4.69, 9.17) is 0 Å². The standard InChI is InChI=1S/C22H28N6S/c1-23-22(24-10-12-28-11-8-20-18(15-28)9-13-29-20)27(2)16-21-25-14-19(26-21)17-6-4-3-5-7-17/h3-7,9,13-14H,8,10-12,15-16H2,1-2H3,(H,23,24)(H,25,26). The van der Waals surface area contributed by atoms with Gasteiger partial charge in [-0.15, -0.1) is 11.3 Å². The lowest BCUT2D eigenvalue weighted by Crippen LogP contribution is -2.43. The van der Waals surface area contributed by atoms with Gasteiger partial charge in [-0.3, -0.25) is 9.89 Å². The monoisotopic (exact) mass is 408 g/mol. The fourth-order valence-corrected chi connectivity index (χ4v) is 4.60. The Bertz CT molecular complexity index is 945. The molecule has 7 heteroatoms. The topological polar surface area (TPSA) is 59.6 Å². The first-order chi connectivity index (χ1) is 14.2. The molecule has 1 aromatic carbocycles. The summed E-state index contributed by atoms with van der Waals surface area (Å²) in [5, 5.41) is 5.70. The van der Waals surface area contributed by atoms with Crippen molar-refractivity contribution >= 4 is 17.3 Å². The average molecular weight is 409 g/mol. The SMILES string of the molecule is CN=C(NCCN1CCc2sccc2C1)N(C)Cc1ncc(-c2ccccc2)[nH]1. The molecule has 152 valence electrons. The zero-order valence-electron chi connectivity index (χ0n) is 17.1. The molecule has 0 fully saturated rings. The minimum absolute atomic E-state index is 0.675. The van der Waals surface area contributed by atoms with E-state index in [1.165, 1.54) is 12.0 Å². The number of nitrogens with zero attached hydrogens (tertiary/aromatic N) is 4. The van der Waals surface area contributed by atoms with Gasteiger partial charge in [0.1, 0.15) is 5.82 Å². The Labute approximate surface area is 176 Å². The van der Waals surface area contributed by atoms with Crippen molar-refractivity contribution in [2.75, 3.05) is 33.7 Å². The van der Waals surface area contributed by atoms with E-state index >= 15 is 0 Å². The molecule has 1 aliphatic rings. The van der Waals surface area contributed by atoms with Crippen molar-refractivity contribution in [3.05, 3.63) is 64.2 Å². The lowest BCUT2D eigenvalue weighted by atomic mass is 10.1. The molecule has 29 heavy (non-hydrogen) atoms. The molecule has 0 spiro atoms. The number of H-pyrrole nitrogens is 1. The number of rotatable bonds is 6. The zero-order chi connectivity index (χ0) is 20.1. The first-order valence-electron chi connectivity index (χ1n) is 10.0. The van der Waals surface area contributed by atoms with E-state index in [9.17, 15) is 0 Å². The molecule has 3 aromatic rings. The maximum absolute atomic E-state index is 4.53. The maximum Gasteiger partial charge on any atom is 0.193 e. The molecule has 2 N–H and O–H groups in total. The molecule has 6 nitrogen and oxygen atoms in total. The molecule has 0 radical (unpaired) electrons. The van der Waals surface area contributed by atoms with Gasteiger partial charge < -0.3 is 15.2 Å². The third-order valence-electron chi connectivity index (χ3n) is 5.27. The normalized spacial score (nSPS) is 14.6. The van der Waals surface area contributed by atoms with Gasteiger partial charge in [-0.1, -0.05) is 30.3 Å². The maximum atomic E-state index is 4.53. The first kappa shape index (κ1) is 19.7. The van der Waals surface area contributed by atoms with Gasteiger partial charge in [0, 0.05) is 45.2 Å². The largest absolute Gasteiger partial charge is 0.355 e. The molecular weight excluding hydrogens is 380 g/mol. The Balaban J connectivity index is 1.27. The molecule has 0 atom stereocenters. The molecule has 0 aliphatic carbocycles. The van der Waals surface area contributed by atoms with Crippen LogP contribution in [0.15, 0.2) is 53.0 Å². The minimum Gasteiger partial charge on any atom is -0.355 e. The summed E-state index contributed by atoms with van der Waals surface area (Å²) in [6.07, 6.45) is 3.06. The first-order valence-corrected chi connectivity index (χ1v) is 10.9. The molecular formula is C22H28N6S. The van der Waals surface area contributed by atoms with Crippen LogP contribution in [0.3, 0.4) is 0 Å². The Hall–Kier alpha value is -2.64. The minimum atomic E-state index is 0.675. The highest BCUT2D eigenvalue weighted by atomic mass is 32.1. The van der Waals surface area contributed by atoms with Crippen LogP contribution in [0, 0.1) is 0 Å². The number of hydrogen-bond donors (Lipinski definition) is 2. The average Bonchev–Trinajstić information content (AvgIpc) is 3.41. The van der Waals surface area contributed by atoms with Crippen LogP contribution in [-0.4, -0.2) is 59.5 Å². The fraction of sp³-hybridized carbons (Fsp3) is 0.364. The van der Waals surface area contributed by atoms with E-state index < -0.39 is 0 Å². The molecule has 3 heterocycles. The summed E-state index contributed by atoms with van der Waals surface area (Å²) >= 11 is 1.89. The number of nitrogens with one attached hydrogen (secondary N) is 2. The zero-order valence-corrected chi connectivity index (χ0v) is 17.9. The molecule has 0 bridgehead atoms. The van der Waals surface area contributed by atoms with Gasteiger partial charge in [0.2, 0.25) is 0 Å². The number of thiophene rings is 1. The van der Waals surface area contributed by atoms with Crippen molar-refractivity contribution in [1.82, 2.24) is 25.1 Å². The number of benzene rings is 1. The third-order valence-corrected chi connectivity index (χ3v) is 6.29. The van der Waals surface area contributed by atoms with Crippen LogP contribution >= 0.6 is 11.3 Å². The molecule has 4 rings (SSSR count). The fourth-order valence-electron chi connectivity index (χ4n) is 3.72. The van der Waals surface area contributed by atoms with Crippen molar-refractivity contribution in [3.63, 3.8) is 0 Å². The second kappa shape index (κ2) is 9.24. The number of aliphatic imine (C=N–C) groups is 1. The van der Waals surface area contributed by atoms with Crippen LogP contribution in [0.4, 0.5) is 0 Å². The van der Waals surface area contributed by atoms with Gasteiger partial charge in [0.05, 0.1) is 18.4 Å². The summed E-state index contributed by atoms with van der Waals surface area (Å²) in [5.41, 5.74) is 3.68. The van der Waals surface area contributed by atoms with Crippen molar-refractivity contribution in [1.29, 1.82) is 0 Å². The van der Waals surface area contributed by atoms with Crippen LogP contribution in [0.2, 0.25) is 0 Å². The smallest absolute Gasteiger partial charge is 0.193 e. The van der Waals surface area contributed by atoms with Crippen molar-refractivity contribution in [3.8, 4) is 11.3 Å². The van der Waals surface area contributed by atoms with E-state index in [2.05, 4.69) is 53.7 Å². The van der Waals surface area contributed by atoms with Crippen LogP contribution in [0.5, 0.6) is 0 Å². The van der Waals surface area contributed by atoms with Crippen LogP contribution < -0.4 is 5.32 Å². The van der Waals surface area contributed by atoms with Crippen LogP contribution in [0.1, 0.15) is 16.3 Å². The van der Waals surface area contributed by atoms with Crippen molar-refractivity contribution in [2.24, 2.45) is 4.99 Å². The van der Waals surface area contributed by atoms with E-state index in [-0.39, 0.29) is 0 Å². The van der Waals surface area contributed by atoms with E-state index in [1.807, 2.05) is 49.8 Å². The second-order valence-electron chi connectivity index (χ2n) is 7.33. The second-order valence-corrected chi connectivity index (χ2v) is 8.34. The Kier molecular flexibility index (Phi) is 6.27. The number of hydrogen-bond acceptors (Lipinski definition) is 4. The van der Waals surface area contributed by atoms with E-state index in [1.54, 1.807) is 4.88 Å². The van der Waals surface area contributed by atoms with E-state index in [0.717, 1.165) is 49.2 Å². The summed E-state index contributed by atoms with van der Waals surface area (Å²) in [4.78, 5) is 18.5. The number of aromatic amines is 1. The molecule has 0 saturated heterocycles. The van der Waals surface area contributed by atoms with Gasteiger partial charge in [-0.25, -0.2) is 4.98 Å². The highest BCUT2D eigenvalue weighted by molar-refractivity contribution is 7.10. The predicted molar refractivity (Wildman–Crippen MR) is 120 cm³/mol. The van der Waals surface area contributed by atoms with Crippen LogP contribution in [0.25, 0.3) is 11.3 Å². The molecule has 2 aromatic heterocycles. The highest BCUT2D eigenvalue weighted by Gasteiger charge is 2.17. The molecule has 0 unspecified atom stereocenters. The van der Waals surface area contributed by atoms with Gasteiger partial charge in [0.25, 0.3) is 0 Å². The highest BCUT2D eigenvalue weighted by Crippen LogP contribution is 2.23. The van der Waals surface area contributed by atoms with Gasteiger partial charge in [-0.05, 0) is 29.0 Å². The van der Waals surface area contributed by atoms with Gasteiger partial charge in [0.15, 0.2) is 5.96 Å². The van der Waals surface area contributed by atoms with Crippen LogP contribution in [-0.2, 0) is 19.5 Å². The summed E-state index contributed by atoms with van der Waals surface area (Å²) in [7, 11) is 3.87. The number of aromatic nitrogens is 2. The Morgan fingerprint density at radius 2 is 2.17 bits per heavy atom. The third kappa shape index (κ3) is 4.86. The summed E-state index contributed by atoms with van der Waals surface area (Å²) in [6, 6.07) is 12.5. The quantitative estimate of drug-likeness (QED) is 0.486. The van der Waals surface area contributed by atoms with E-state index in [0.29, 0.717) is 6.54 Å². The lowest BCUT2D eigenvalue weighted by Gasteiger charge is -2.28. The van der Waals surface area contributed by atoms with Crippen molar-refractivity contribution in [2.45, 2.75) is 19.5 Å². The number of imidazole rings is 1. The molecule has 0 amide bonds. The Morgan fingerprint density at radius 1 is 1.31 bits per heavy atom. The summed E-state index contributed by atoms with van der Waals surface area (Å²) in [5.74, 6) is 1.81. The molecule has 0 saturated carbocycles. The Morgan fingerprint density at radius 3 is 3.00 bits per heavy atom. The summed E-state index contributed by atoms with van der Waals surface area (Å²) in [6.45, 7) is 4.77. The summed E-state index contributed by atoms with van der Waals surface area (Å²) < 4.78 is 0. The lowest BCUT2D eigenvalue weighted by molar-refractivity contribution is 0.259. The van der Waals surface area contributed by atoms with Gasteiger partial charge >= 0.3 is 0 Å². The predicted octanol–water partition coefficient (Wildman–Crippen LogP) is 3.20. The number of fused-ring (bicyclic) bond motifs is 1.